The molecule has 0 atom stereocenters. The maximum Gasteiger partial charge on any atom is 0.311 e. The monoisotopic (exact) mass is 293 g/mol. The maximum absolute atomic E-state index is 11.8. The summed E-state index contributed by atoms with van der Waals surface area (Å²) in [6.07, 6.45) is 1.32. The van der Waals surface area contributed by atoms with E-state index in [-0.39, 0.29) is 12.5 Å². The van der Waals surface area contributed by atoms with Crippen molar-refractivity contribution in [3.63, 3.8) is 0 Å². The Morgan fingerprint density at radius 1 is 1.35 bits per heavy atom. The predicted molar refractivity (Wildman–Crippen MR) is 79.0 cm³/mol. The average Bonchev–Trinajstić information content (AvgIpc) is 3.18. The van der Waals surface area contributed by atoms with Crippen LogP contribution in [0, 0.1) is 19.3 Å². The summed E-state index contributed by atoms with van der Waals surface area (Å²) in [5.41, 5.74) is 1.62. The minimum Gasteiger partial charge on any atom is -0.481 e. The lowest BCUT2D eigenvalue weighted by molar-refractivity contribution is -0.143. The molecule has 0 heterocycles. The normalized spacial score (nSPS) is 15.7. The molecule has 108 valence electrons. The first kappa shape index (κ1) is 14.9. The number of carboxylic acids is 1. The summed E-state index contributed by atoms with van der Waals surface area (Å²) in [6.45, 7) is 4.28. The second kappa shape index (κ2) is 5.87. The van der Waals surface area contributed by atoms with E-state index in [0.717, 1.165) is 10.5 Å². The molecule has 0 aromatic heterocycles. The molecule has 20 heavy (non-hydrogen) atoms. The smallest absolute Gasteiger partial charge is 0.311 e. The number of benzene rings is 1. The summed E-state index contributed by atoms with van der Waals surface area (Å²) in [5, 5.41) is 11.8. The van der Waals surface area contributed by atoms with Gasteiger partial charge in [0.05, 0.1) is 11.2 Å². The van der Waals surface area contributed by atoms with Gasteiger partial charge in [-0.15, -0.1) is 11.8 Å². The van der Waals surface area contributed by atoms with Crippen molar-refractivity contribution >= 4 is 23.6 Å². The molecule has 1 fully saturated rings. The number of amides is 1. The van der Waals surface area contributed by atoms with Gasteiger partial charge in [0.1, 0.15) is 0 Å². The number of hydrogen-bond donors (Lipinski definition) is 2. The molecule has 5 heteroatoms. The Kier molecular flexibility index (Phi) is 4.38. The van der Waals surface area contributed by atoms with Crippen LogP contribution < -0.4 is 5.32 Å². The lowest BCUT2D eigenvalue weighted by Crippen LogP contribution is -2.35. The molecule has 4 nitrogen and oxygen atoms in total. The van der Waals surface area contributed by atoms with Gasteiger partial charge in [-0.1, -0.05) is 17.7 Å². The molecular formula is C15H19NO3S. The molecule has 1 amide bonds. The van der Waals surface area contributed by atoms with Crippen molar-refractivity contribution in [1.82, 2.24) is 5.32 Å². The van der Waals surface area contributed by atoms with Crippen molar-refractivity contribution in [2.45, 2.75) is 31.6 Å². The van der Waals surface area contributed by atoms with Crippen LogP contribution in [0.4, 0.5) is 0 Å². The number of aliphatic carboxylic acids is 1. The van der Waals surface area contributed by atoms with Gasteiger partial charge in [0.15, 0.2) is 0 Å². The third-order valence-corrected chi connectivity index (χ3v) is 4.79. The lowest BCUT2D eigenvalue weighted by atomic mass is 10.1. The zero-order valence-corrected chi connectivity index (χ0v) is 12.5. The summed E-state index contributed by atoms with van der Waals surface area (Å²) in [7, 11) is 0. The Hall–Kier alpha value is -1.49. The van der Waals surface area contributed by atoms with Crippen LogP contribution in [-0.4, -0.2) is 29.3 Å². The van der Waals surface area contributed by atoms with Gasteiger partial charge in [-0.05, 0) is 38.3 Å². The van der Waals surface area contributed by atoms with Crippen LogP contribution in [-0.2, 0) is 9.59 Å². The van der Waals surface area contributed by atoms with Crippen LogP contribution in [0.25, 0.3) is 0 Å². The second-order valence-electron chi connectivity index (χ2n) is 5.42. The fraction of sp³-hybridized carbons (Fsp3) is 0.467. The fourth-order valence-corrected chi connectivity index (χ4v) is 2.90. The van der Waals surface area contributed by atoms with E-state index in [2.05, 4.69) is 11.4 Å². The molecule has 0 spiro atoms. The van der Waals surface area contributed by atoms with Gasteiger partial charge < -0.3 is 10.4 Å². The zero-order chi connectivity index (χ0) is 14.8. The third kappa shape index (κ3) is 3.54. The summed E-state index contributed by atoms with van der Waals surface area (Å²) in [5.74, 6) is -0.594. The number of carboxylic acid groups (broad SMARTS) is 1. The molecule has 1 aromatic carbocycles. The lowest BCUT2D eigenvalue weighted by Gasteiger charge is -2.11. The van der Waals surface area contributed by atoms with Gasteiger partial charge in [0.2, 0.25) is 5.91 Å². The topological polar surface area (TPSA) is 66.4 Å². The number of thioether (sulfide) groups is 1. The largest absolute Gasteiger partial charge is 0.481 e. The number of rotatable bonds is 6. The highest BCUT2D eigenvalue weighted by Crippen LogP contribution is 2.45. The summed E-state index contributed by atoms with van der Waals surface area (Å²) in [6, 6.07) is 6.15. The molecule has 0 saturated heterocycles. The minimum absolute atomic E-state index is 0.108. The van der Waals surface area contributed by atoms with Crippen molar-refractivity contribution in [2.75, 3.05) is 12.3 Å². The Morgan fingerprint density at radius 3 is 2.65 bits per heavy atom. The second-order valence-corrected chi connectivity index (χ2v) is 6.44. The van der Waals surface area contributed by atoms with E-state index >= 15 is 0 Å². The highest BCUT2D eigenvalue weighted by Gasteiger charge is 2.50. The molecule has 0 radical (unpaired) electrons. The average molecular weight is 293 g/mol. The van der Waals surface area contributed by atoms with E-state index in [1.54, 1.807) is 0 Å². The maximum atomic E-state index is 11.8. The van der Waals surface area contributed by atoms with Gasteiger partial charge in [-0.25, -0.2) is 0 Å². The first-order valence-corrected chi connectivity index (χ1v) is 7.62. The van der Waals surface area contributed by atoms with Gasteiger partial charge in [-0.2, -0.15) is 0 Å². The van der Waals surface area contributed by atoms with Crippen LogP contribution in [0.15, 0.2) is 23.1 Å². The molecule has 1 aliphatic carbocycles. The van der Waals surface area contributed by atoms with Crippen molar-refractivity contribution in [3.05, 3.63) is 29.3 Å². The van der Waals surface area contributed by atoms with E-state index in [9.17, 15) is 9.59 Å². The molecule has 0 bridgehead atoms. The SMILES string of the molecule is Cc1ccc(C)c(SCC(=O)NCC2(C(=O)O)CC2)c1. The van der Waals surface area contributed by atoms with Crippen LogP contribution >= 0.6 is 11.8 Å². The van der Waals surface area contributed by atoms with Crippen molar-refractivity contribution in [2.24, 2.45) is 5.41 Å². The standard InChI is InChI=1S/C15H19NO3S/c1-10-3-4-11(2)12(7-10)20-8-13(17)16-9-15(5-6-15)14(18)19/h3-4,7H,5-6,8-9H2,1-2H3,(H,16,17)(H,18,19). The van der Waals surface area contributed by atoms with Gasteiger partial charge in [0, 0.05) is 11.4 Å². The Labute approximate surface area is 123 Å². The highest BCUT2D eigenvalue weighted by atomic mass is 32.2. The van der Waals surface area contributed by atoms with Gasteiger partial charge >= 0.3 is 5.97 Å². The summed E-state index contributed by atoms with van der Waals surface area (Å²) >= 11 is 1.49. The molecular weight excluding hydrogens is 274 g/mol. The highest BCUT2D eigenvalue weighted by molar-refractivity contribution is 8.00. The summed E-state index contributed by atoms with van der Waals surface area (Å²) in [4.78, 5) is 23.9. The fourth-order valence-electron chi connectivity index (χ4n) is 1.94. The van der Waals surface area contributed by atoms with Crippen LogP contribution in [0.2, 0.25) is 0 Å². The molecule has 1 aromatic rings. The van der Waals surface area contributed by atoms with Crippen molar-refractivity contribution < 1.29 is 14.7 Å². The van der Waals surface area contributed by atoms with E-state index in [1.807, 2.05) is 26.0 Å². The third-order valence-electron chi connectivity index (χ3n) is 3.63. The molecule has 2 N–H and O–H groups in total. The van der Waals surface area contributed by atoms with Crippen LogP contribution in [0.1, 0.15) is 24.0 Å². The van der Waals surface area contributed by atoms with Crippen molar-refractivity contribution in [3.8, 4) is 0 Å². The summed E-state index contributed by atoms with van der Waals surface area (Å²) < 4.78 is 0. The molecule has 1 saturated carbocycles. The van der Waals surface area contributed by atoms with E-state index in [1.165, 1.54) is 17.3 Å². The first-order chi connectivity index (χ1) is 9.43. The van der Waals surface area contributed by atoms with E-state index in [0.29, 0.717) is 18.6 Å². The van der Waals surface area contributed by atoms with Crippen LogP contribution in [0.5, 0.6) is 0 Å². The number of carbonyl (C=O) groups excluding carboxylic acids is 1. The van der Waals surface area contributed by atoms with Gasteiger partial charge in [0.25, 0.3) is 0 Å². The molecule has 0 unspecified atom stereocenters. The predicted octanol–water partition coefficient (Wildman–Crippen LogP) is 2.38. The van der Waals surface area contributed by atoms with Gasteiger partial charge in [-0.3, -0.25) is 9.59 Å². The molecule has 2 rings (SSSR count). The Morgan fingerprint density at radius 2 is 2.05 bits per heavy atom. The Balaban J connectivity index is 1.81. The van der Waals surface area contributed by atoms with Crippen LogP contribution in [0.3, 0.4) is 0 Å². The number of aryl methyl sites for hydroxylation is 2. The zero-order valence-electron chi connectivity index (χ0n) is 11.7. The first-order valence-electron chi connectivity index (χ1n) is 6.63. The molecule has 0 aliphatic heterocycles. The number of hydrogen-bond acceptors (Lipinski definition) is 3. The minimum atomic E-state index is -0.806. The number of carbonyl (C=O) groups is 2. The molecule has 1 aliphatic rings. The van der Waals surface area contributed by atoms with Crippen molar-refractivity contribution in [1.29, 1.82) is 0 Å². The Bertz CT molecular complexity index is 538. The quantitative estimate of drug-likeness (QED) is 0.790. The van der Waals surface area contributed by atoms with E-state index < -0.39 is 11.4 Å². The number of nitrogens with one attached hydrogen (secondary N) is 1. The van der Waals surface area contributed by atoms with E-state index in [4.69, 9.17) is 5.11 Å².